The Morgan fingerprint density at radius 2 is 1.73 bits per heavy atom. The lowest BCUT2D eigenvalue weighted by Crippen LogP contribution is -2.42. The number of H-pyrrole nitrogens is 1. The number of benzene rings is 1. The van der Waals surface area contributed by atoms with Gasteiger partial charge in [-0.3, -0.25) is 25.2 Å². The third-order valence-electron chi connectivity index (χ3n) is 2.95. The predicted molar refractivity (Wildman–Crippen MR) is 81.6 cm³/mol. The first-order valence-corrected chi connectivity index (χ1v) is 7.16. The molecule has 0 unspecified atom stereocenters. The van der Waals surface area contributed by atoms with Crippen molar-refractivity contribution in [2.75, 3.05) is 0 Å². The monoisotopic (exact) mass is 314 g/mol. The highest BCUT2D eigenvalue weighted by atomic mass is 32.1. The fourth-order valence-electron chi connectivity index (χ4n) is 1.93. The maximum absolute atomic E-state index is 12.1. The molecular formula is C14H10N4O3S. The van der Waals surface area contributed by atoms with Crippen molar-refractivity contribution >= 4 is 33.9 Å². The van der Waals surface area contributed by atoms with Gasteiger partial charge in [0.2, 0.25) is 0 Å². The Labute approximate surface area is 128 Å². The van der Waals surface area contributed by atoms with E-state index < -0.39 is 11.8 Å². The highest BCUT2D eigenvalue weighted by molar-refractivity contribution is 7.12. The second-order valence-electron chi connectivity index (χ2n) is 4.33. The summed E-state index contributed by atoms with van der Waals surface area (Å²) < 4.78 is 0. The third-order valence-corrected chi connectivity index (χ3v) is 3.81. The number of thiophene rings is 1. The predicted octanol–water partition coefficient (Wildman–Crippen LogP) is 1.06. The highest BCUT2D eigenvalue weighted by Crippen LogP contribution is 2.12. The van der Waals surface area contributed by atoms with Crippen molar-refractivity contribution < 1.29 is 9.59 Å². The molecule has 2 aromatic heterocycles. The minimum Gasteiger partial charge on any atom is -0.267 e. The van der Waals surface area contributed by atoms with E-state index in [1.807, 2.05) is 0 Å². The number of aromatic amines is 1. The normalized spacial score (nSPS) is 10.4. The van der Waals surface area contributed by atoms with Crippen molar-refractivity contribution in [2.24, 2.45) is 0 Å². The molecule has 3 rings (SSSR count). The number of aromatic nitrogens is 2. The van der Waals surface area contributed by atoms with Gasteiger partial charge >= 0.3 is 0 Å². The van der Waals surface area contributed by atoms with E-state index in [1.165, 1.54) is 11.3 Å². The Balaban J connectivity index is 1.83. The maximum Gasteiger partial charge on any atom is 0.290 e. The molecule has 7 nitrogen and oxygen atoms in total. The van der Waals surface area contributed by atoms with Gasteiger partial charge < -0.3 is 0 Å². The molecule has 1 aromatic carbocycles. The van der Waals surface area contributed by atoms with Gasteiger partial charge in [0.1, 0.15) is 0 Å². The summed E-state index contributed by atoms with van der Waals surface area (Å²) in [5.41, 5.74) is 4.23. The van der Waals surface area contributed by atoms with Crippen molar-refractivity contribution in [2.45, 2.75) is 0 Å². The standard InChI is InChI=1S/C14H10N4O3S/c19-12-9-5-2-1-4-8(9)11(15-16-12)14(21)18-17-13(20)10-6-3-7-22-10/h1-7H,(H,16,19)(H,17,20)(H,18,21). The average molecular weight is 314 g/mol. The molecule has 110 valence electrons. The Bertz CT molecular complexity index is 902. The van der Waals surface area contributed by atoms with Crippen molar-refractivity contribution in [3.63, 3.8) is 0 Å². The summed E-state index contributed by atoms with van der Waals surface area (Å²) in [5, 5.41) is 8.53. The number of fused-ring (bicyclic) bond motifs is 1. The Hall–Kier alpha value is -3.00. The van der Waals surface area contributed by atoms with E-state index >= 15 is 0 Å². The molecular weight excluding hydrogens is 304 g/mol. The first-order valence-electron chi connectivity index (χ1n) is 6.28. The number of carbonyl (C=O) groups is 2. The quantitative estimate of drug-likeness (QED) is 0.615. The van der Waals surface area contributed by atoms with Crippen LogP contribution in [0.15, 0.2) is 46.6 Å². The number of hydrogen-bond acceptors (Lipinski definition) is 5. The van der Waals surface area contributed by atoms with Crippen LogP contribution in [0.5, 0.6) is 0 Å². The lowest BCUT2D eigenvalue weighted by Gasteiger charge is -2.07. The van der Waals surface area contributed by atoms with Crippen molar-refractivity contribution in [1.82, 2.24) is 21.0 Å². The van der Waals surface area contributed by atoms with Crippen molar-refractivity contribution in [3.8, 4) is 0 Å². The lowest BCUT2D eigenvalue weighted by molar-refractivity contribution is 0.0846. The summed E-state index contributed by atoms with van der Waals surface area (Å²) in [6.07, 6.45) is 0. The van der Waals surface area contributed by atoms with Gasteiger partial charge in [-0.1, -0.05) is 24.3 Å². The van der Waals surface area contributed by atoms with Crippen LogP contribution in [0.1, 0.15) is 20.2 Å². The van der Waals surface area contributed by atoms with Crippen molar-refractivity contribution in [1.29, 1.82) is 0 Å². The number of carbonyl (C=O) groups excluding carboxylic acids is 2. The number of rotatable bonds is 2. The molecule has 0 radical (unpaired) electrons. The van der Waals surface area contributed by atoms with E-state index in [1.54, 1.807) is 41.8 Å². The fraction of sp³-hybridized carbons (Fsp3) is 0. The molecule has 3 aromatic rings. The van der Waals surface area contributed by atoms with Gasteiger partial charge in [-0.05, 0) is 17.5 Å². The molecule has 0 aliphatic rings. The molecule has 0 fully saturated rings. The van der Waals surface area contributed by atoms with Crippen LogP contribution in [0.3, 0.4) is 0 Å². The summed E-state index contributed by atoms with van der Waals surface area (Å²) in [7, 11) is 0. The summed E-state index contributed by atoms with van der Waals surface area (Å²) in [5.74, 6) is -1.03. The summed E-state index contributed by atoms with van der Waals surface area (Å²) in [6.45, 7) is 0. The van der Waals surface area contributed by atoms with Gasteiger partial charge in [0.05, 0.1) is 10.3 Å². The van der Waals surface area contributed by atoms with Crippen LogP contribution in [-0.2, 0) is 0 Å². The molecule has 3 N–H and O–H groups in total. The Kier molecular flexibility index (Phi) is 3.67. The van der Waals surface area contributed by atoms with Crippen LogP contribution in [0, 0.1) is 0 Å². The van der Waals surface area contributed by atoms with Crippen LogP contribution < -0.4 is 16.4 Å². The van der Waals surface area contributed by atoms with E-state index in [2.05, 4.69) is 21.0 Å². The van der Waals surface area contributed by atoms with Crippen LogP contribution in [-0.4, -0.2) is 22.0 Å². The topological polar surface area (TPSA) is 104 Å². The molecule has 0 spiro atoms. The highest BCUT2D eigenvalue weighted by Gasteiger charge is 2.15. The van der Waals surface area contributed by atoms with Gasteiger partial charge in [-0.15, -0.1) is 11.3 Å². The van der Waals surface area contributed by atoms with E-state index in [9.17, 15) is 14.4 Å². The number of hydrazine groups is 1. The third kappa shape index (κ3) is 2.59. The van der Waals surface area contributed by atoms with E-state index in [0.717, 1.165) is 0 Å². The summed E-state index contributed by atoms with van der Waals surface area (Å²) >= 11 is 1.26. The SMILES string of the molecule is O=C(NNC(=O)c1n[nH]c(=O)c2ccccc12)c1cccs1. The first kappa shape index (κ1) is 14.0. The smallest absolute Gasteiger partial charge is 0.267 e. The van der Waals surface area contributed by atoms with Crippen molar-refractivity contribution in [3.05, 3.63) is 62.7 Å². The largest absolute Gasteiger partial charge is 0.290 e. The summed E-state index contributed by atoms with van der Waals surface area (Å²) in [6, 6.07) is 9.98. The number of amides is 2. The van der Waals surface area contributed by atoms with E-state index in [4.69, 9.17) is 0 Å². The molecule has 0 bridgehead atoms. The van der Waals surface area contributed by atoms with Crippen LogP contribution in [0.2, 0.25) is 0 Å². The molecule has 0 saturated carbocycles. The second kappa shape index (κ2) is 5.78. The molecule has 0 saturated heterocycles. The van der Waals surface area contributed by atoms with Gasteiger partial charge in [0.25, 0.3) is 17.4 Å². The van der Waals surface area contributed by atoms with Crippen LogP contribution in [0.4, 0.5) is 0 Å². The van der Waals surface area contributed by atoms with Gasteiger partial charge in [0.15, 0.2) is 5.69 Å². The fourth-order valence-corrected chi connectivity index (χ4v) is 2.55. The number of nitrogens with one attached hydrogen (secondary N) is 3. The molecule has 0 aliphatic carbocycles. The zero-order valence-corrected chi connectivity index (χ0v) is 11.9. The first-order chi connectivity index (χ1) is 10.7. The second-order valence-corrected chi connectivity index (χ2v) is 5.28. The zero-order chi connectivity index (χ0) is 15.5. The Morgan fingerprint density at radius 3 is 2.45 bits per heavy atom. The van der Waals surface area contributed by atoms with E-state index in [0.29, 0.717) is 15.6 Å². The number of hydrogen-bond donors (Lipinski definition) is 3. The molecule has 0 atom stereocenters. The van der Waals surface area contributed by atoms with Gasteiger partial charge in [-0.2, -0.15) is 5.10 Å². The summed E-state index contributed by atoms with van der Waals surface area (Å²) in [4.78, 5) is 36.0. The average Bonchev–Trinajstić information content (AvgIpc) is 3.07. The maximum atomic E-state index is 12.1. The minimum absolute atomic E-state index is 0.0293. The lowest BCUT2D eigenvalue weighted by atomic mass is 10.1. The molecule has 2 amide bonds. The molecule has 8 heteroatoms. The van der Waals surface area contributed by atoms with Crippen LogP contribution >= 0.6 is 11.3 Å². The van der Waals surface area contributed by atoms with Crippen LogP contribution in [0.25, 0.3) is 10.8 Å². The number of nitrogens with zero attached hydrogens (tertiary/aromatic N) is 1. The Morgan fingerprint density at radius 1 is 1.00 bits per heavy atom. The van der Waals surface area contributed by atoms with E-state index in [-0.39, 0.29) is 11.3 Å². The van der Waals surface area contributed by atoms with Gasteiger partial charge in [0, 0.05) is 5.39 Å². The zero-order valence-electron chi connectivity index (χ0n) is 11.1. The molecule has 22 heavy (non-hydrogen) atoms. The molecule has 0 aliphatic heterocycles. The minimum atomic E-state index is -0.614. The molecule has 2 heterocycles. The van der Waals surface area contributed by atoms with Gasteiger partial charge in [-0.25, -0.2) is 5.10 Å².